The number of nitrogens with zero attached hydrogens (tertiary/aromatic N) is 4. The van der Waals surface area contributed by atoms with Gasteiger partial charge >= 0.3 is 0 Å². The van der Waals surface area contributed by atoms with Gasteiger partial charge in [0.25, 0.3) is 17.0 Å². The normalized spacial score (nSPS) is 13.7. The summed E-state index contributed by atoms with van der Waals surface area (Å²) in [7, 11) is 0. The number of nitrogens with one attached hydrogen (secondary N) is 3. The van der Waals surface area contributed by atoms with E-state index in [0.717, 1.165) is 0 Å². The van der Waals surface area contributed by atoms with E-state index in [1.807, 2.05) is 4.90 Å². The van der Waals surface area contributed by atoms with Crippen molar-refractivity contribution >= 4 is 28.5 Å². The Kier molecular flexibility index (Phi) is 7.44. The highest BCUT2D eigenvalue weighted by Gasteiger charge is 2.19. The lowest BCUT2D eigenvalue weighted by Crippen LogP contribution is -2.43. The van der Waals surface area contributed by atoms with Gasteiger partial charge < -0.3 is 9.64 Å². The van der Waals surface area contributed by atoms with Crippen LogP contribution in [-0.2, 0) is 16.0 Å². The SMILES string of the molecule is Cc1nc(N2CCOCC2)[nH]c(=O)c1CCC(=O)NNC(=O)c1nn(C(C)C)c(=O)c2ccccc12. The van der Waals surface area contributed by atoms with Crippen LogP contribution < -0.4 is 26.9 Å². The molecule has 1 aromatic carbocycles. The molecule has 190 valence electrons. The standard InChI is InChI=1S/C24H29N7O5/c1-14(2)31-23(35)18-7-5-4-6-17(18)20(29-31)22(34)28-27-19(32)9-8-16-15(3)25-24(26-21(16)33)30-10-12-36-13-11-30/h4-7,14H,8-13H2,1-3H3,(H,27,32)(H,28,34)(H,25,26,33). The van der Waals surface area contributed by atoms with E-state index < -0.39 is 11.8 Å². The fourth-order valence-electron chi connectivity index (χ4n) is 4.03. The Morgan fingerprint density at radius 1 is 1.11 bits per heavy atom. The lowest BCUT2D eigenvalue weighted by molar-refractivity contribution is -0.121. The number of aryl methyl sites for hydroxylation is 1. The monoisotopic (exact) mass is 495 g/mol. The van der Waals surface area contributed by atoms with E-state index >= 15 is 0 Å². The molecular formula is C24H29N7O5. The third-order valence-corrected chi connectivity index (χ3v) is 5.97. The van der Waals surface area contributed by atoms with Crippen LogP contribution in [0.1, 0.15) is 48.1 Å². The number of hydrogen-bond acceptors (Lipinski definition) is 8. The fourth-order valence-corrected chi connectivity index (χ4v) is 4.03. The molecule has 3 aromatic rings. The van der Waals surface area contributed by atoms with Gasteiger partial charge in [-0.3, -0.25) is 35.0 Å². The minimum atomic E-state index is -0.653. The van der Waals surface area contributed by atoms with Gasteiger partial charge in [-0.1, -0.05) is 18.2 Å². The van der Waals surface area contributed by atoms with Gasteiger partial charge in [-0.15, -0.1) is 0 Å². The van der Waals surface area contributed by atoms with Gasteiger partial charge in [0.1, 0.15) is 0 Å². The Morgan fingerprint density at radius 3 is 2.47 bits per heavy atom. The number of rotatable bonds is 6. The minimum Gasteiger partial charge on any atom is -0.378 e. The predicted molar refractivity (Wildman–Crippen MR) is 133 cm³/mol. The van der Waals surface area contributed by atoms with E-state index in [-0.39, 0.29) is 35.7 Å². The number of anilines is 1. The number of morpholine rings is 1. The first-order valence-electron chi connectivity index (χ1n) is 11.8. The smallest absolute Gasteiger partial charge is 0.290 e. The molecule has 0 bridgehead atoms. The van der Waals surface area contributed by atoms with E-state index in [1.165, 1.54) is 4.68 Å². The molecule has 3 heterocycles. The van der Waals surface area contributed by atoms with Crippen LogP contribution in [0, 0.1) is 6.92 Å². The summed E-state index contributed by atoms with van der Waals surface area (Å²) in [5.41, 5.74) is 5.10. The maximum absolute atomic E-state index is 12.8. The molecule has 0 atom stereocenters. The first-order chi connectivity index (χ1) is 17.3. The zero-order valence-corrected chi connectivity index (χ0v) is 20.5. The molecule has 12 nitrogen and oxygen atoms in total. The molecule has 4 rings (SSSR count). The Balaban J connectivity index is 1.41. The number of aromatic amines is 1. The molecule has 3 N–H and O–H groups in total. The zero-order valence-electron chi connectivity index (χ0n) is 20.5. The van der Waals surface area contributed by atoms with E-state index in [2.05, 4.69) is 25.9 Å². The summed E-state index contributed by atoms with van der Waals surface area (Å²) in [6.45, 7) is 7.73. The number of H-pyrrole nitrogens is 1. The van der Waals surface area contributed by atoms with Crippen molar-refractivity contribution in [3.8, 4) is 0 Å². The highest BCUT2D eigenvalue weighted by molar-refractivity contribution is 6.05. The Labute approximate surface area is 206 Å². The average Bonchev–Trinajstić information content (AvgIpc) is 2.87. The highest BCUT2D eigenvalue weighted by atomic mass is 16.5. The number of fused-ring (bicyclic) bond motifs is 1. The van der Waals surface area contributed by atoms with Crippen molar-refractivity contribution in [2.75, 3.05) is 31.2 Å². The van der Waals surface area contributed by atoms with E-state index in [0.29, 0.717) is 54.3 Å². The molecule has 1 aliphatic rings. The summed E-state index contributed by atoms with van der Waals surface area (Å²) in [4.78, 5) is 59.7. The number of aromatic nitrogens is 4. The predicted octanol–water partition coefficient (Wildman–Crippen LogP) is 0.600. The number of carbonyl (C=O) groups is 2. The molecule has 0 aliphatic carbocycles. The largest absolute Gasteiger partial charge is 0.378 e. The van der Waals surface area contributed by atoms with Gasteiger partial charge in [0.15, 0.2) is 5.69 Å². The van der Waals surface area contributed by atoms with Crippen LogP contribution in [0.15, 0.2) is 33.9 Å². The van der Waals surface area contributed by atoms with Crippen LogP contribution in [0.4, 0.5) is 5.95 Å². The third-order valence-electron chi connectivity index (χ3n) is 5.97. The van der Waals surface area contributed by atoms with Crippen LogP contribution >= 0.6 is 0 Å². The van der Waals surface area contributed by atoms with Crippen LogP contribution in [0.2, 0.25) is 0 Å². The number of benzene rings is 1. The van der Waals surface area contributed by atoms with Crippen molar-refractivity contribution < 1.29 is 14.3 Å². The molecule has 0 unspecified atom stereocenters. The van der Waals surface area contributed by atoms with Crippen molar-refractivity contribution in [1.82, 2.24) is 30.6 Å². The van der Waals surface area contributed by atoms with Crippen LogP contribution in [0.3, 0.4) is 0 Å². The quantitative estimate of drug-likeness (QED) is 0.421. The van der Waals surface area contributed by atoms with Crippen molar-refractivity contribution in [2.45, 2.75) is 39.7 Å². The summed E-state index contributed by atoms with van der Waals surface area (Å²) in [6, 6.07) is 6.42. The first kappa shape index (κ1) is 25.0. The summed E-state index contributed by atoms with van der Waals surface area (Å²) in [5.74, 6) is -0.649. The molecule has 12 heteroatoms. The maximum Gasteiger partial charge on any atom is 0.290 e. The molecule has 1 fully saturated rings. The van der Waals surface area contributed by atoms with Crippen molar-refractivity contribution in [2.24, 2.45) is 0 Å². The zero-order chi connectivity index (χ0) is 25.8. The number of carbonyl (C=O) groups excluding carboxylic acids is 2. The third kappa shape index (κ3) is 5.28. The molecule has 1 aliphatic heterocycles. The van der Waals surface area contributed by atoms with Gasteiger partial charge in [-0.25, -0.2) is 9.67 Å². The van der Waals surface area contributed by atoms with Crippen LogP contribution in [-0.4, -0.2) is 57.9 Å². The van der Waals surface area contributed by atoms with E-state index in [9.17, 15) is 19.2 Å². The molecule has 0 spiro atoms. The van der Waals surface area contributed by atoms with Crippen molar-refractivity contribution in [3.05, 3.63) is 61.9 Å². The minimum absolute atomic E-state index is 0.0226. The van der Waals surface area contributed by atoms with E-state index in [4.69, 9.17) is 4.74 Å². The number of amides is 2. The summed E-state index contributed by atoms with van der Waals surface area (Å²) in [6.07, 6.45) is 0.112. The van der Waals surface area contributed by atoms with Crippen molar-refractivity contribution in [1.29, 1.82) is 0 Å². The topological polar surface area (TPSA) is 151 Å². The Bertz CT molecular complexity index is 1410. The summed E-state index contributed by atoms with van der Waals surface area (Å²) >= 11 is 0. The maximum atomic E-state index is 12.8. The second-order valence-corrected chi connectivity index (χ2v) is 8.79. The average molecular weight is 496 g/mol. The molecule has 36 heavy (non-hydrogen) atoms. The number of hydrogen-bond donors (Lipinski definition) is 3. The van der Waals surface area contributed by atoms with Gasteiger partial charge in [-0.2, -0.15) is 5.10 Å². The number of hydrazine groups is 1. The van der Waals surface area contributed by atoms with Gasteiger partial charge in [0.2, 0.25) is 11.9 Å². The Morgan fingerprint density at radius 2 is 1.81 bits per heavy atom. The van der Waals surface area contributed by atoms with Crippen molar-refractivity contribution in [3.63, 3.8) is 0 Å². The Hall–Kier alpha value is -4.06. The first-order valence-corrected chi connectivity index (χ1v) is 11.8. The van der Waals surface area contributed by atoms with E-state index in [1.54, 1.807) is 45.0 Å². The molecule has 0 saturated carbocycles. The second kappa shape index (κ2) is 10.7. The fraction of sp³-hybridized carbons (Fsp3) is 0.417. The second-order valence-electron chi connectivity index (χ2n) is 8.79. The number of ether oxygens (including phenoxy) is 1. The molecule has 2 amide bonds. The highest BCUT2D eigenvalue weighted by Crippen LogP contribution is 2.15. The van der Waals surface area contributed by atoms with Crippen LogP contribution in [0.25, 0.3) is 10.8 Å². The lowest BCUT2D eigenvalue weighted by atomic mass is 10.1. The summed E-state index contributed by atoms with van der Waals surface area (Å²) < 4.78 is 6.56. The van der Waals surface area contributed by atoms with Gasteiger partial charge in [0.05, 0.1) is 24.6 Å². The van der Waals surface area contributed by atoms with Gasteiger partial charge in [-0.05, 0) is 33.3 Å². The van der Waals surface area contributed by atoms with Crippen LogP contribution in [0.5, 0.6) is 0 Å². The molecule has 1 saturated heterocycles. The molecule has 0 radical (unpaired) electrons. The lowest BCUT2D eigenvalue weighted by Gasteiger charge is -2.27. The van der Waals surface area contributed by atoms with Gasteiger partial charge in [0, 0.05) is 36.2 Å². The molecule has 2 aromatic heterocycles. The summed E-state index contributed by atoms with van der Waals surface area (Å²) in [5, 5.41) is 4.97. The molecular weight excluding hydrogens is 466 g/mol.